The standard InChI is InChI=1S/C14H18N4O2S/c1-4-10-7(2)5-9(13(20)17-10)12(19)16-8(3)11-6-21-14(15)18-11/h5-6,8H,4H2,1-3H3,(H2,15,18)(H,16,19)(H,17,20). The third-order valence-corrected chi connectivity index (χ3v) is 3.97. The highest BCUT2D eigenvalue weighted by Crippen LogP contribution is 2.18. The van der Waals surface area contributed by atoms with Crippen LogP contribution >= 0.6 is 11.3 Å². The van der Waals surface area contributed by atoms with Crippen LogP contribution in [0.4, 0.5) is 5.13 Å². The predicted octanol–water partition coefficient (Wildman–Crippen LogP) is 1.78. The van der Waals surface area contributed by atoms with E-state index in [1.807, 2.05) is 13.8 Å². The molecule has 2 rings (SSSR count). The van der Waals surface area contributed by atoms with Gasteiger partial charge in [-0.25, -0.2) is 4.98 Å². The van der Waals surface area contributed by atoms with Gasteiger partial charge in [0.05, 0.1) is 11.7 Å². The van der Waals surface area contributed by atoms with Crippen LogP contribution in [0, 0.1) is 6.92 Å². The van der Waals surface area contributed by atoms with Gasteiger partial charge in [0.15, 0.2) is 5.13 Å². The molecule has 0 aliphatic rings. The number of aromatic nitrogens is 2. The maximum absolute atomic E-state index is 12.2. The van der Waals surface area contributed by atoms with Crippen LogP contribution in [0.1, 0.15) is 47.2 Å². The molecule has 21 heavy (non-hydrogen) atoms. The van der Waals surface area contributed by atoms with Crippen molar-refractivity contribution in [3.8, 4) is 0 Å². The zero-order valence-corrected chi connectivity index (χ0v) is 13.0. The van der Waals surface area contributed by atoms with Crippen molar-refractivity contribution in [3.05, 3.63) is 44.3 Å². The van der Waals surface area contributed by atoms with Gasteiger partial charge < -0.3 is 16.0 Å². The number of hydrogen-bond donors (Lipinski definition) is 3. The molecule has 0 aliphatic heterocycles. The molecule has 2 heterocycles. The van der Waals surface area contributed by atoms with E-state index in [9.17, 15) is 9.59 Å². The Balaban J connectivity index is 2.21. The Bertz CT molecular complexity index is 720. The first-order valence-corrected chi connectivity index (χ1v) is 7.55. The highest BCUT2D eigenvalue weighted by Gasteiger charge is 2.17. The van der Waals surface area contributed by atoms with Gasteiger partial charge in [-0.15, -0.1) is 11.3 Å². The van der Waals surface area contributed by atoms with Gasteiger partial charge in [0.1, 0.15) is 5.56 Å². The van der Waals surface area contributed by atoms with Crippen molar-refractivity contribution < 1.29 is 4.79 Å². The summed E-state index contributed by atoms with van der Waals surface area (Å²) < 4.78 is 0. The van der Waals surface area contributed by atoms with Gasteiger partial charge >= 0.3 is 0 Å². The van der Waals surface area contributed by atoms with Gasteiger partial charge in [-0.2, -0.15) is 0 Å². The predicted molar refractivity (Wildman–Crippen MR) is 83.6 cm³/mol. The molecule has 112 valence electrons. The van der Waals surface area contributed by atoms with Gasteiger partial charge in [-0.05, 0) is 31.9 Å². The van der Waals surface area contributed by atoms with Crippen molar-refractivity contribution >= 4 is 22.4 Å². The van der Waals surface area contributed by atoms with E-state index < -0.39 is 5.91 Å². The van der Waals surface area contributed by atoms with Crippen LogP contribution in [0.25, 0.3) is 0 Å². The first-order valence-electron chi connectivity index (χ1n) is 6.67. The van der Waals surface area contributed by atoms with Crippen molar-refractivity contribution in [1.82, 2.24) is 15.3 Å². The molecule has 6 nitrogen and oxygen atoms in total. The number of hydrogen-bond acceptors (Lipinski definition) is 5. The number of nitrogens with two attached hydrogens (primary N) is 1. The number of anilines is 1. The van der Waals surface area contributed by atoms with Crippen LogP contribution in [0.2, 0.25) is 0 Å². The lowest BCUT2D eigenvalue weighted by atomic mass is 10.1. The minimum Gasteiger partial charge on any atom is -0.375 e. The lowest BCUT2D eigenvalue weighted by Crippen LogP contribution is -2.32. The smallest absolute Gasteiger partial charge is 0.261 e. The number of pyridine rings is 1. The highest BCUT2D eigenvalue weighted by molar-refractivity contribution is 7.13. The maximum atomic E-state index is 12.2. The number of aromatic amines is 1. The number of nitrogens with zero attached hydrogens (tertiary/aromatic N) is 1. The highest BCUT2D eigenvalue weighted by atomic mass is 32.1. The minimum absolute atomic E-state index is 0.111. The largest absolute Gasteiger partial charge is 0.375 e. The molecule has 2 aromatic heterocycles. The van der Waals surface area contributed by atoms with Gasteiger partial charge in [-0.1, -0.05) is 6.92 Å². The van der Waals surface area contributed by atoms with E-state index in [2.05, 4.69) is 15.3 Å². The molecule has 1 amide bonds. The van der Waals surface area contributed by atoms with Crippen LogP contribution in [-0.2, 0) is 6.42 Å². The summed E-state index contributed by atoms with van der Waals surface area (Å²) in [5.74, 6) is -0.416. The fourth-order valence-electron chi connectivity index (χ4n) is 2.06. The van der Waals surface area contributed by atoms with Crippen molar-refractivity contribution in [2.75, 3.05) is 5.73 Å². The second-order valence-electron chi connectivity index (χ2n) is 4.83. The summed E-state index contributed by atoms with van der Waals surface area (Å²) in [7, 11) is 0. The third kappa shape index (κ3) is 3.30. The Morgan fingerprint density at radius 2 is 2.29 bits per heavy atom. The van der Waals surface area contributed by atoms with Gasteiger partial charge in [-0.3, -0.25) is 9.59 Å². The first kappa shape index (κ1) is 15.2. The lowest BCUT2D eigenvalue weighted by Gasteiger charge is -2.12. The summed E-state index contributed by atoms with van der Waals surface area (Å²) in [5.41, 5.74) is 7.73. The van der Waals surface area contributed by atoms with Crippen LogP contribution in [0.5, 0.6) is 0 Å². The molecule has 0 spiro atoms. The third-order valence-electron chi connectivity index (χ3n) is 3.28. The van der Waals surface area contributed by atoms with E-state index in [-0.39, 0.29) is 17.2 Å². The van der Waals surface area contributed by atoms with Crippen LogP contribution < -0.4 is 16.6 Å². The van der Waals surface area contributed by atoms with Crippen molar-refractivity contribution in [1.29, 1.82) is 0 Å². The molecular formula is C14H18N4O2S. The number of carbonyl (C=O) groups is 1. The number of amides is 1. The molecule has 2 aromatic rings. The van der Waals surface area contributed by atoms with Crippen molar-refractivity contribution in [2.45, 2.75) is 33.2 Å². The SMILES string of the molecule is CCc1[nH]c(=O)c(C(=O)NC(C)c2csc(N)n2)cc1C. The number of aryl methyl sites for hydroxylation is 2. The van der Waals surface area contributed by atoms with Gasteiger partial charge in [0, 0.05) is 11.1 Å². The molecule has 0 fully saturated rings. The maximum Gasteiger partial charge on any atom is 0.261 e. The van der Waals surface area contributed by atoms with Crippen molar-refractivity contribution in [3.63, 3.8) is 0 Å². The van der Waals surface area contributed by atoms with E-state index in [0.29, 0.717) is 10.8 Å². The van der Waals surface area contributed by atoms with Crippen LogP contribution in [-0.4, -0.2) is 15.9 Å². The molecule has 1 unspecified atom stereocenters. The summed E-state index contributed by atoms with van der Waals surface area (Å²) in [6, 6.07) is 1.31. The molecule has 0 radical (unpaired) electrons. The molecule has 0 saturated carbocycles. The molecule has 0 aromatic carbocycles. The zero-order valence-electron chi connectivity index (χ0n) is 12.2. The number of thiazole rings is 1. The average Bonchev–Trinajstić information content (AvgIpc) is 2.87. The fourth-order valence-corrected chi connectivity index (χ4v) is 2.71. The average molecular weight is 306 g/mol. The zero-order chi connectivity index (χ0) is 15.6. The number of H-pyrrole nitrogens is 1. The van der Waals surface area contributed by atoms with Gasteiger partial charge in [0.25, 0.3) is 11.5 Å². The summed E-state index contributed by atoms with van der Waals surface area (Å²) >= 11 is 1.31. The molecule has 1 atom stereocenters. The first-order chi connectivity index (χ1) is 9.92. The summed E-state index contributed by atoms with van der Waals surface area (Å²) in [6.45, 7) is 5.62. The number of nitrogens with one attached hydrogen (secondary N) is 2. The Hall–Kier alpha value is -2.15. The molecule has 7 heteroatoms. The number of carbonyl (C=O) groups excluding carboxylic acids is 1. The van der Waals surface area contributed by atoms with E-state index in [1.165, 1.54) is 11.3 Å². The summed E-state index contributed by atoms with van der Waals surface area (Å²) in [4.78, 5) is 31.0. The van der Waals surface area contributed by atoms with Crippen LogP contribution in [0.15, 0.2) is 16.2 Å². The molecular weight excluding hydrogens is 288 g/mol. The summed E-state index contributed by atoms with van der Waals surface area (Å²) in [6.07, 6.45) is 0.720. The Morgan fingerprint density at radius 3 is 2.86 bits per heavy atom. The van der Waals surface area contributed by atoms with Crippen LogP contribution in [0.3, 0.4) is 0 Å². The monoisotopic (exact) mass is 306 g/mol. The Kier molecular flexibility index (Phi) is 4.42. The van der Waals surface area contributed by atoms with Gasteiger partial charge in [0.2, 0.25) is 0 Å². The number of nitrogen functional groups attached to an aromatic ring is 1. The Labute approximate surface area is 126 Å². The second kappa shape index (κ2) is 6.09. The number of rotatable bonds is 4. The van der Waals surface area contributed by atoms with E-state index in [0.717, 1.165) is 17.7 Å². The minimum atomic E-state index is -0.416. The molecule has 0 bridgehead atoms. The normalized spacial score (nSPS) is 12.1. The van der Waals surface area contributed by atoms with E-state index in [1.54, 1.807) is 18.4 Å². The topological polar surface area (TPSA) is 101 Å². The summed E-state index contributed by atoms with van der Waals surface area (Å²) in [5, 5.41) is 5.00. The van der Waals surface area contributed by atoms with E-state index in [4.69, 9.17) is 5.73 Å². The fraction of sp³-hybridized carbons (Fsp3) is 0.357. The lowest BCUT2D eigenvalue weighted by molar-refractivity contribution is 0.0937. The van der Waals surface area contributed by atoms with Crippen molar-refractivity contribution in [2.24, 2.45) is 0 Å². The quantitative estimate of drug-likeness (QED) is 0.801. The van der Waals surface area contributed by atoms with E-state index >= 15 is 0 Å². The molecule has 4 N–H and O–H groups in total. The molecule has 0 aliphatic carbocycles. The Morgan fingerprint density at radius 1 is 1.57 bits per heavy atom. The molecule has 0 saturated heterocycles. The second-order valence-corrected chi connectivity index (χ2v) is 5.72.